The van der Waals surface area contributed by atoms with E-state index >= 15 is 0 Å². The summed E-state index contributed by atoms with van der Waals surface area (Å²) in [6, 6.07) is 8.15. The van der Waals surface area contributed by atoms with Crippen molar-refractivity contribution >= 4 is 11.6 Å². The second-order valence-corrected chi connectivity index (χ2v) is 6.27. The van der Waals surface area contributed by atoms with E-state index in [4.69, 9.17) is 5.73 Å². The first-order valence-corrected chi connectivity index (χ1v) is 7.73. The Bertz CT molecular complexity index is 426. The van der Waals surface area contributed by atoms with E-state index in [2.05, 4.69) is 37.9 Å². The van der Waals surface area contributed by atoms with Crippen LogP contribution >= 0.6 is 0 Å². The Kier molecular flexibility index (Phi) is 7.23. The van der Waals surface area contributed by atoms with Crippen molar-refractivity contribution in [2.24, 2.45) is 5.92 Å². The number of hydrogen-bond donors (Lipinski definition) is 2. The van der Waals surface area contributed by atoms with E-state index in [9.17, 15) is 4.79 Å². The number of benzene rings is 1. The number of nitrogens with zero attached hydrogens (tertiary/aromatic N) is 1. The fourth-order valence-electron chi connectivity index (χ4n) is 2.02. The highest BCUT2D eigenvalue weighted by Crippen LogP contribution is 2.10. The van der Waals surface area contributed by atoms with Gasteiger partial charge >= 0.3 is 0 Å². The normalized spacial score (nSPS) is 11.4. The molecule has 0 unspecified atom stereocenters. The lowest BCUT2D eigenvalue weighted by Gasteiger charge is -2.26. The van der Waals surface area contributed by atoms with E-state index in [1.165, 1.54) is 5.56 Å². The number of hydrogen-bond acceptors (Lipinski definition) is 3. The number of carbonyl (C=O) groups excluding carboxylic acids is 1. The third-order valence-electron chi connectivity index (χ3n) is 3.49. The maximum absolute atomic E-state index is 12.0. The predicted molar refractivity (Wildman–Crippen MR) is 88.9 cm³/mol. The standard InChI is InChI=1S/C17H29N3O/c1-13(2)9-10-19-17(21)12-20(14(3)4)11-15-5-7-16(18)8-6-15/h5-8,13-14H,9-12,18H2,1-4H3,(H,19,21). The third kappa shape index (κ3) is 7.14. The maximum atomic E-state index is 12.0. The van der Waals surface area contributed by atoms with Gasteiger partial charge in [-0.2, -0.15) is 0 Å². The quantitative estimate of drug-likeness (QED) is 0.724. The van der Waals surface area contributed by atoms with Crippen molar-refractivity contribution in [2.75, 3.05) is 18.8 Å². The summed E-state index contributed by atoms with van der Waals surface area (Å²) in [5, 5.41) is 2.99. The van der Waals surface area contributed by atoms with Crippen molar-refractivity contribution in [1.82, 2.24) is 10.2 Å². The van der Waals surface area contributed by atoms with Crippen LogP contribution < -0.4 is 11.1 Å². The van der Waals surface area contributed by atoms with Gasteiger partial charge in [0.05, 0.1) is 6.54 Å². The van der Waals surface area contributed by atoms with E-state index in [1.54, 1.807) is 0 Å². The zero-order valence-corrected chi connectivity index (χ0v) is 13.7. The number of nitrogens with two attached hydrogens (primary N) is 1. The molecule has 4 heteroatoms. The lowest BCUT2D eigenvalue weighted by atomic mass is 10.1. The number of anilines is 1. The van der Waals surface area contributed by atoms with Crippen LogP contribution in [0.5, 0.6) is 0 Å². The second kappa shape index (κ2) is 8.67. The van der Waals surface area contributed by atoms with Gasteiger partial charge in [0.15, 0.2) is 0 Å². The highest BCUT2D eigenvalue weighted by molar-refractivity contribution is 5.78. The summed E-state index contributed by atoms with van der Waals surface area (Å²) in [4.78, 5) is 14.2. The molecular weight excluding hydrogens is 262 g/mol. The van der Waals surface area contributed by atoms with Gasteiger partial charge in [0.25, 0.3) is 0 Å². The smallest absolute Gasteiger partial charge is 0.234 e. The first-order valence-electron chi connectivity index (χ1n) is 7.73. The molecule has 118 valence electrons. The van der Waals surface area contributed by atoms with E-state index < -0.39 is 0 Å². The highest BCUT2D eigenvalue weighted by Gasteiger charge is 2.14. The zero-order valence-electron chi connectivity index (χ0n) is 13.7. The van der Waals surface area contributed by atoms with Gasteiger partial charge < -0.3 is 11.1 Å². The van der Waals surface area contributed by atoms with Crippen LogP contribution in [0.1, 0.15) is 39.7 Å². The van der Waals surface area contributed by atoms with Crippen LogP contribution in [0.2, 0.25) is 0 Å². The number of rotatable bonds is 8. The summed E-state index contributed by atoms with van der Waals surface area (Å²) in [5.74, 6) is 0.709. The van der Waals surface area contributed by atoms with Crippen LogP contribution in [-0.4, -0.2) is 29.9 Å². The van der Waals surface area contributed by atoms with Gasteiger partial charge in [-0.25, -0.2) is 0 Å². The Morgan fingerprint density at radius 1 is 1.19 bits per heavy atom. The molecule has 0 bridgehead atoms. The first-order chi connectivity index (χ1) is 9.88. The molecular formula is C17H29N3O. The molecule has 0 aliphatic rings. The van der Waals surface area contributed by atoms with Gasteiger partial charge in [-0.05, 0) is 43.9 Å². The van der Waals surface area contributed by atoms with Crippen LogP contribution in [-0.2, 0) is 11.3 Å². The topological polar surface area (TPSA) is 58.4 Å². The van der Waals surface area contributed by atoms with Gasteiger partial charge in [0.1, 0.15) is 0 Å². The van der Waals surface area contributed by atoms with Crippen LogP contribution in [0.25, 0.3) is 0 Å². The SMILES string of the molecule is CC(C)CCNC(=O)CN(Cc1ccc(N)cc1)C(C)C. The van der Waals surface area contributed by atoms with E-state index in [1.807, 2.05) is 24.3 Å². The Balaban J connectivity index is 2.49. The minimum Gasteiger partial charge on any atom is -0.399 e. The molecule has 3 N–H and O–H groups in total. The number of amides is 1. The molecule has 0 aliphatic heterocycles. The summed E-state index contributed by atoms with van der Waals surface area (Å²) in [7, 11) is 0. The highest BCUT2D eigenvalue weighted by atomic mass is 16.2. The molecule has 0 heterocycles. The molecule has 0 saturated heterocycles. The number of carbonyl (C=O) groups is 1. The summed E-state index contributed by atoms with van der Waals surface area (Å²) in [6.07, 6.45) is 1.02. The van der Waals surface area contributed by atoms with Gasteiger partial charge in [0.2, 0.25) is 5.91 Å². The fraction of sp³-hybridized carbons (Fsp3) is 0.588. The molecule has 0 radical (unpaired) electrons. The summed E-state index contributed by atoms with van der Waals surface area (Å²) in [6.45, 7) is 10.5. The van der Waals surface area contributed by atoms with Crippen molar-refractivity contribution in [2.45, 2.75) is 46.7 Å². The Morgan fingerprint density at radius 3 is 2.33 bits per heavy atom. The van der Waals surface area contributed by atoms with Gasteiger partial charge in [-0.15, -0.1) is 0 Å². The Labute approximate surface area is 128 Å². The monoisotopic (exact) mass is 291 g/mol. The van der Waals surface area contributed by atoms with Crippen molar-refractivity contribution in [1.29, 1.82) is 0 Å². The molecule has 0 aromatic heterocycles. The Hall–Kier alpha value is -1.55. The molecule has 1 rings (SSSR count). The van der Waals surface area contributed by atoms with Crippen LogP contribution in [0.4, 0.5) is 5.69 Å². The van der Waals surface area contributed by atoms with Crippen molar-refractivity contribution in [3.63, 3.8) is 0 Å². The minimum absolute atomic E-state index is 0.0970. The van der Waals surface area contributed by atoms with E-state index in [0.717, 1.165) is 25.2 Å². The van der Waals surface area contributed by atoms with E-state index in [-0.39, 0.29) is 5.91 Å². The minimum atomic E-state index is 0.0970. The average molecular weight is 291 g/mol. The molecule has 0 aliphatic carbocycles. The summed E-state index contributed by atoms with van der Waals surface area (Å²) < 4.78 is 0. The van der Waals surface area contributed by atoms with Crippen LogP contribution in [0.3, 0.4) is 0 Å². The van der Waals surface area contributed by atoms with Gasteiger partial charge in [0, 0.05) is 24.8 Å². The van der Waals surface area contributed by atoms with Crippen molar-refractivity contribution < 1.29 is 4.79 Å². The second-order valence-electron chi connectivity index (χ2n) is 6.27. The number of nitrogen functional groups attached to an aromatic ring is 1. The number of nitrogens with one attached hydrogen (secondary N) is 1. The van der Waals surface area contributed by atoms with Crippen molar-refractivity contribution in [3.05, 3.63) is 29.8 Å². The molecule has 0 spiro atoms. The molecule has 1 aromatic carbocycles. The molecule has 21 heavy (non-hydrogen) atoms. The molecule has 4 nitrogen and oxygen atoms in total. The largest absolute Gasteiger partial charge is 0.399 e. The Morgan fingerprint density at radius 2 is 1.81 bits per heavy atom. The molecule has 0 atom stereocenters. The zero-order chi connectivity index (χ0) is 15.8. The first kappa shape index (κ1) is 17.5. The maximum Gasteiger partial charge on any atom is 0.234 e. The predicted octanol–water partition coefficient (Wildman–Crippen LogP) is 2.64. The molecule has 1 amide bonds. The lowest BCUT2D eigenvalue weighted by molar-refractivity contribution is -0.122. The summed E-state index contributed by atoms with van der Waals surface area (Å²) in [5.41, 5.74) is 7.64. The van der Waals surface area contributed by atoms with Gasteiger partial charge in [-0.3, -0.25) is 9.69 Å². The van der Waals surface area contributed by atoms with Crippen molar-refractivity contribution in [3.8, 4) is 0 Å². The van der Waals surface area contributed by atoms with Crippen LogP contribution in [0, 0.1) is 5.92 Å². The summed E-state index contributed by atoms with van der Waals surface area (Å²) >= 11 is 0. The third-order valence-corrected chi connectivity index (χ3v) is 3.49. The average Bonchev–Trinajstić information content (AvgIpc) is 2.40. The van der Waals surface area contributed by atoms with Crippen LogP contribution in [0.15, 0.2) is 24.3 Å². The lowest BCUT2D eigenvalue weighted by Crippen LogP contribution is -2.40. The molecule has 0 saturated carbocycles. The van der Waals surface area contributed by atoms with E-state index in [0.29, 0.717) is 18.5 Å². The van der Waals surface area contributed by atoms with Gasteiger partial charge in [-0.1, -0.05) is 26.0 Å². The fourth-order valence-corrected chi connectivity index (χ4v) is 2.02. The molecule has 1 aromatic rings. The molecule has 0 fully saturated rings.